The van der Waals surface area contributed by atoms with E-state index in [0.717, 1.165) is 12.1 Å². The van der Waals surface area contributed by atoms with Crippen molar-refractivity contribution in [3.05, 3.63) is 18.2 Å². The summed E-state index contributed by atoms with van der Waals surface area (Å²) in [6.07, 6.45) is 4.04. The Kier molecular flexibility index (Phi) is 7.36. The van der Waals surface area contributed by atoms with Gasteiger partial charge in [0.25, 0.3) is 0 Å². The standard InChI is InChI=1S/C6H11N3.C4H6O4/c1-9-4-6(2-3-7)8-5-9;5-3(6)1-2-4(7)8/h4-5H,2-3,7H2,1H3;1-2H2,(H,5,6)(H,7,8). The Morgan fingerprint density at radius 1 is 1.35 bits per heavy atom. The molecule has 0 unspecified atom stereocenters. The molecule has 0 atom stereocenters. The molecule has 96 valence electrons. The van der Waals surface area contributed by atoms with Gasteiger partial charge in [0.2, 0.25) is 0 Å². The Morgan fingerprint density at radius 3 is 2.18 bits per heavy atom. The molecular weight excluding hydrogens is 226 g/mol. The number of aliphatic carboxylic acids is 2. The van der Waals surface area contributed by atoms with Gasteiger partial charge >= 0.3 is 11.9 Å². The van der Waals surface area contributed by atoms with Crippen LogP contribution in [0.1, 0.15) is 18.5 Å². The molecule has 0 saturated heterocycles. The van der Waals surface area contributed by atoms with Crippen LogP contribution in [-0.4, -0.2) is 38.2 Å². The number of aryl methyl sites for hydroxylation is 1. The van der Waals surface area contributed by atoms with E-state index in [1.807, 2.05) is 17.8 Å². The van der Waals surface area contributed by atoms with Gasteiger partial charge in [-0.25, -0.2) is 4.98 Å². The summed E-state index contributed by atoms with van der Waals surface area (Å²) < 4.78 is 1.92. The first-order valence-corrected chi connectivity index (χ1v) is 5.06. The van der Waals surface area contributed by atoms with Gasteiger partial charge < -0.3 is 20.5 Å². The summed E-state index contributed by atoms with van der Waals surface area (Å²) in [5, 5.41) is 15.8. The van der Waals surface area contributed by atoms with Crippen LogP contribution in [0.2, 0.25) is 0 Å². The Labute approximate surface area is 98.9 Å². The monoisotopic (exact) mass is 243 g/mol. The van der Waals surface area contributed by atoms with Gasteiger partial charge in [-0.1, -0.05) is 0 Å². The molecule has 0 amide bonds. The Balaban J connectivity index is 0.000000304. The van der Waals surface area contributed by atoms with Gasteiger partial charge in [-0.2, -0.15) is 0 Å². The molecule has 0 aromatic carbocycles. The average Bonchev–Trinajstić information content (AvgIpc) is 2.63. The highest BCUT2D eigenvalue weighted by Crippen LogP contribution is 1.92. The number of hydrogen-bond donors (Lipinski definition) is 3. The molecule has 7 heteroatoms. The third-order valence-electron chi connectivity index (χ3n) is 1.71. The van der Waals surface area contributed by atoms with Crippen molar-refractivity contribution in [1.29, 1.82) is 0 Å². The molecule has 0 aliphatic heterocycles. The lowest BCUT2D eigenvalue weighted by Crippen LogP contribution is -2.02. The predicted molar refractivity (Wildman–Crippen MR) is 60.5 cm³/mol. The van der Waals surface area contributed by atoms with Crippen LogP contribution in [0.3, 0.4) is 0 Å². The summed E-state index contributed by atoms with van der Waals surface area (Å²) in [4.78, 5) is 23.4. The highest BCUT2D eigenvalue weighted by atomic mass is 16.4. The molecule has 1 rings (SSSR count). The molecule has 7 nitrogen and oxygen atoms in total. The van der Waals surface area contributed by atoms with Crippen LogP contribution in [0.4, 0.5) is 0 Å². The normalized spacial score (nSPS) is 9.29. The topological polar surface area (TPSA) is 118 Å². The Hall–Kier alpha value is -1.89. The number of carboxylic acids is 2. The molecule has 1 aromatic heterocycles. The average molecular weight is 243 g/mol. The van der Waals surface area contributed by atoms with Crippen molar-refractivity contribution in [3.8, 4) is 0 Å². The number of imidazole rings is 1. The first-order valence-electron chi connectivity index (χ1n) is 5.06. The minimum Gasteiger partial charge on any atom is -0.481 e. The molecule has 4 N–H and O–H groups in total. The van der Waals surface area contributed by atoms with Crippen LogP contribution < -0.4 is 5.73 Å². The maximum atomic E-state index is 9.64. The zero-order valence-corrected chi connectivity index (χ0v) is 9.67. The highest BCUT2D eigenvalue weighted by Gasteiger charge is 2.00. The largest absolute Gasteiger partial charge is 0.481 e. The lowest BCUT2D eigenvalue weighted by molar-refractivity contribution is -0.143. The van der Waals surface area contributed by atoms with Gasteiger partial charge in [-0.05, 0) is 6.54 Å². The number of rotatable bonds is 5. The van der Waals surface area contributed by atoms with E-state index < -0.39 is 11.9 Å². The fourth-order valence-corrected chi connectivity index (χ4v) is 0.958. The molecule has 0 aliphatic rings. The zero-order chi connectivity index (χ0) is 13.3. The van der Waals surface area contributed by atoms with Crippen molar-refractivity contribution in [2.45, 2.75) is 19.3 Å². The number of aromatic nitrogens is 2. The molecule has 0 saturated carbocycles. The number of nitrogens with zero attached hydrogens (tertiary/aromatic N) is 2. The first kappa shape index (κ1) is 15.1. The van der Waals surface area contributed by atoms with Crippen LogP contribution in [0.15, 0.2) is 12.5 Å². The van der Waals surface area contributed by atoms with Crippen molar-refractivity contribution < 1.29 is 19.8 Å². The van der Waals surface area contributed by atoms with E-state index in [2.05, 4.69) is 4.98 Å². The van der Waals surface area contributed by atoms with Crippen LogP contribution >= 0.6 is 0 Å². The van der Waals surface area contributed by atoms with Gasteiger partial charge in [0.1, 0.15) is 0 Å². The molecule has 1 heterocycles. The third kappa shape index (κ3) is 9.06. The fourth-order valence-electron chi connectivity index (χ4n) is 0.958. The molecule has 1 aromatic rings. The van der Waals surface area contributed by atoms with Crippen molar-refractivity contribution >= 4 is 11.9 Å². The predicted octanol–water partition coefficient (Wildman–Crippen LogP) is -0.143. The Bertz CT molecular complexity index is 348. The van der Waals surface area contributed by atoms with Crippen LogP contribution in [0.5, 0.6) is 0 Å². The lowest BCUT2D eigenvalue weighted by Gasteiger charge is -1.86. The molecule has 0 bridgehead atoms. The second kappa shape index (κ2) is 8.28. The third-order valence-corrected chi connectivity index (χ3v) is 1.71. The van der Waals surface area contributed by atoms with Crippen molar-refractivity contribution in [2.75, 3.05) is 6.54 Å². The van der Waals surface area contributed by atoms with E-state index in [-0.39, 0.29) is 12.8 Å². The van der Waals surface area contributed by atoms with Crippen molar-refractivity contribution in [3.63, 3.8) is 0 Å². The Morgan fingerprint density at radius 2 is 1.88 bits per heavy atom. The highest BCUT2D eigenvalue weighted by molar-refractivity contribution is 5.75. The number of carbonyl (C=O) groups is 2. The molecule has 0 fully saturated rings. The van der Waals surface area contributed by atoms with E-state index in [9.17, 15) is 9.59 Å². The molecular formula is C10H17N3O4. The van der Waals surface area contributed by atoms with Crippen LogP contribution in [0, 0.1) is 0 Å². The van der Waals surface area contributed by atoms with Gasteiger partial charge in [-0.3, -0.25) is 9.59 Å². The summed E-state index contributed by atoms with van der Waals surface area (Å²) >= 11 is 0. The molecule has 0 spiro atoms. The summed E-state index contributed by atoms with van der Waals surface area (Å²) in [6, 6.07) is 0. The minimum atomic E-state index is -1.08. The van der Waals surface area contributed by atoms with Crippen LogP contribution in [-0.2, 0) is 23.1 Å². The number of hydrogen-bond acceptors (Lipinski definition) is 4. The quantitative estimate of drug-likeness (QED) is 0.662. The van der Waals surface area contributed by atoms with Crippen molar-refractivity contribution in [2.24, 2.45) is 12.8 Å². The summed E-state index contributed by atoms with van der Waals surface area (Å²) in [5.41, 5.74) is 6.39. The molecule has 0 aliphatic carbocycles. The number of nitrogens with two attached hydrogens (primary N) is 1. The van der Waals surface area contributed by atoms with Gasteiger partial charge in [-0.15, -0.1) is 0 Å². The number of carboxylic acid groups (broad SMARTS) is 2. The SMILES string of the molecule is Cn1cnc(CCN)c1.O=C(O)CCC(=O)O. The first-order chi connectivity index (χ1) is 7.95. The van der Waals surface area contributed by atoms with E-state index in [0.29, 0.717) is 6.54 Å². The van der Waals surface area contributed by atoms with E-state index in [1.165, 1.54) is 0 Å². The summed E-state index contributed by atoms with van der Waals surface area (Å²) in [5.74, 6) is -2.15. The smallest absolute Gasteiger partial charge is 0.303 e. The second-order valence-corrected chi connectivity index (χ2v) is 3.36. The lowest BCUT2D eigenvalue weighted by atomic mass is 10.3. The maximum Gasteiger partial charge on any atom is 0.303 e. The zero-order valence-electron chi connectivity index (χ0n) is 9.67. The van der Waals surface area contributed by atoms with E-state index in [1.54, 1.807) is 6.33 Å². The van der Waals surface area contributed by atoms with Gasteiger partial charge in [0.15, 0.2) is 0 Å². The van der Waals surface area contributed by atoms with E-state index in [4.69, 9.17) is 15.9 Å². The van der Waals surface area contributed by atoms with Crippen molar-refractivity contribution in [1.82, 2.24) is 9.55 Å². The fraction of sp³-hybridized carbons (Fsp3) is 0.500. The summed E-state index contributed by atoms with van der Waals surface area (Å²) in [7, 11) is 1.95. The summed E-state index contributed by atoms with van der Waals surface area (Å²) in [6.45, 7) is 0.678. The maximum absolute atomic E-state index is 9.64. The van der Waals surface area contributed by atoms with Gasteiger partial charge in [0, 0.05) is 19.7 Å². The second-order valence-electron chi connectivity index (χ2n) is 3.36. The molecule has 0 radical (unpaired) electrons. The van der Waals surface area contributed by atoms with Gasteiger partial charge in [0.05, 0.1) is 24.9 Å². The van der Waals surface area contributed by atoms with E-state index >= 15 is 0 Å². The van der Waals surface area contributed by atoms with Crippen LogP contribution in [0.25, 0.3) is 0 Å². The molecule has 17 heavy (non-hydrogen) atoms. The minimum absolute atomic E-state index is 0.296.